The van der Waals surface area contributed by atoms with Crippen molar-refractivity contribution in [3.8, 4) is 0 Å². The van der Waals surface area contributed by atoms with Crippen molar-refractivity contribution in [2.24, 2.45) is 0 Å². The number of furan rings is 1. The standard InChI is InChI=1S/C19H21FN2O5/c1-2-3-4-5-12-10-25-16-14(12)8-13(20)9-15(16)22-7-6-21-11-19(22)26-17(23)18(24)27-19/h8-10,21H,2-7,11H2,1H3. The molecule has 8 heteroatoms. The molecule has 0 aliphatic carbocycles. The van der Waals surface area contributed by atoms with Gasteiger partial charge in [0.05, 0.1) is 18.5 Å². The van der Waals surface area contributed by atoms with E-state index in [-0.39, 0.29) is 6.54 Å². The van der Waals surface area contributed by atoms with Crippen LogP contribution in [0.2, 0.25) is 0 Å². The van der Waals surface area contributed by atoms with Gasteiger partial charge in [-0.15, -0.1) is 0 Å². The number of fused-ring (bicyclic) bond motifs is 1. The molecule has 0 atom stereocenters. The average molecular weight is 376 g/mol. The van der Waals surface area contributed by atoms with Gasteiger partial charge in [0.1, 0.15) is 5.82 Å². The molecule has 2 aliphatic rings. The highest BCUT2D eigenvalue weighted by molar-refractivity contribution is 6.31. The topological polar surface area (TPSA) is 81.0 Å². The number of ether oxygens (including phenoxy) is 2. The van der Waals surface area contributed by atoms with Gasteiger partial charge in [-0.25, -0.2) is 14.0 Å². The average Bonchev–Trinajstić information content (AvgIpc) is 3.16. The number of benzene rings is 1. The Balaban J connectivity index is 1.76. The molecule has 7 nitrogen and oxygen atoms in total. The summed E-state index contributed by atoms with van der Waals surface area (Å²) in [5.74, 6) is -4.17. The number of nitrogens with zero attached hydrogens (tertiary/aromatic N) is 1. The van der Waals surface area contributed by atoms with Crippen molar-refractivity contribution in [2.75, 3.05) is 24.5 Å². The van der Waals surface area contributed by atoms with Gasteiger partial charge in [-0.05, 0) is 24.5 Å². The Bertz CT molecular complexity index is 878. The number of halogens is 1. The van der Waals surface area contributed by atoms with Crippen LogP contribution in [0.15, 0.2) is 22.8 Å². The van der Waals surface area contributed by atoms with Crippen LogP contribution < -0.4 is 10.2 Å². The molecule has 1 aromatic heterocycles. The van der Waals surface area contributed by atoms with Gasteiger partial charge in [-0.3, -0.25) is 4.90 Å². The van der Waals surface area contributed by atoms with Crippen LogP contribution in [0.5, 0.6) is 0 Å². The predicted molar refractivity (Wildman–Crippen MR) is 94.5 cm³/mol. The highest BCUT2D eigenvalue weighted by Gasteiger charge is 2.55. The summed E-state index contributed by atoms with van der Waals surface area (Å²) in [5, 5.41) is 3.73. The van der Waals surface area contributed by atoms with E-state index in [2.05, 4.69) is 12.2 Å². The largest absolute Gasteiger partial charge is 0.462 e. The minimum atomic E-state index is -1.62. The number of hydrogen-bond donors (Lipinski definition) is 1. The van der Waals surface area contributed by atoms with Crippen LogP contribution in [-0.2, 0) is 25.5 Å². The summed E-state index contributed by atoms with van der Waals surface area (Å²) in [6.07, 6.45) is 5.60. The van der Waals surface area contributed by atoms with Gasteiger partial charge in [0, 0.05) is 24.5 Å². The van der Waals surface area contributed by atoms with Crippen LogP contribution in [-0.4, -0.2) is 37.5 Å². The van der Waals surface area contributed by atoms with Crippen LogP contribution in [0.4, 0.5) is 10.1 Å². The molecule has 0 saturated carbocycles. The molecular formula is C19H21FN2O5. The normalized spacial score (nSPS) is 19.0. The summed E-state index contributed by atoms with van der Waals surface area (Å²) in [5.41, 5.74) is 1.82. The van der Waals surface area contributed by atoms with Gasteiger partial charge in [-0.2, -0.15) is 0 Å². The summed E-state index contributed by atoms with van der Waals surface area (Å²) in [6.45, 7) is 3.12. The fourth-order valence-corrected chi connectivity index (χ4v) is 3.68. The van der Waals surface area contributed by atoms with E-state index in [1.54, 1.807) is 11.2 Å². The summed E-state index contributed by atoms with van der Waals surface area (Å²) in [6, 6.07) is 2.76. The molecular weight excluding hydrogens is 355 g/mol. The lowest BCUT2D eigenvalue weighted by atomic mass is 10.0. The summed E-state index contributed by atoms with van der Waals surface area (Å²) in [7, 11) is 0. The Morgan fingerprint density at radius 1 is 1.22 bits per heavy atom. The van der Waals surface area contributed by atoms with E-state index in [1.165, 1.54) is 12.1 Å². The van der Waals surface area contributed by atoms with E-state index in [0.717, 1.165) is 31.2 Å². The predicted octanol–water partition coefficient (Wildman–Crippen LogP) is 2.47. The molecule has 2 aliphatic heterocycles. The Kier molecular flexibility index (Phi) is 4.51. The molecule has 27 heavy (non-hydrogen) atoms. The highest BCUT2D eigenvalue weighted by Crippen LogP contribution is 2.38. The third-order valence-corrected chi connectivity index (χ3v) is 4.98. The lowest BCUT2D eigenvalue weighted by Gasteiger charge is -2.41. The first-order chi connectivity index (χ1) is 13.0. The maximum atomic E-state index is 14.4. The number of esters is 2. The Morgan fingerprint density at radius 2 is 2.00 bits per heavy atom. The number of unbranched alkanes of at least 4 members (excludes halogenated alkanes) is 2. The monoisotopic (exact) mass is 376 g/mol. The minimum Gasteiger partial charge on any atom is -0.462 e. The molecule has 1 aromatic carbocycles. The van der Waals surface area contributed by atoms with Gasteiger partial charge in [0.25, 0.3) is 0 Å². The summed E-state index contributed by atoms with van der Waals surface area (Å²) < 4.78 is 30.7. The number of carbonyl (C=O) groups is 2. The quantitative estimate of drug-likeness (QED) is 0.488. The van der Waals surface area contributed by atoms with Crippen molar-refractivity contribution >= 4 is 28.6 Å². The van der Waals surface area contributed by atoms with Crippen molar-refractivity contribution < 1.29 is 27.9 Å². The van der Waals surface area contributed by atoms with Crippen LogP contribution >= 0.6 is 0 Å². The van der Waals surface area contributed by atoms with Gasteiger partial charge < -0.3 is 19.2 Å². The lowest BCUT2D eigenvalue weighted by Crippen LogP contribution is -2.62. The molecule has 2 aromatic rings. The number of piperazine rings is 1. The number of aryl methyl sites for hydroxylation is 1. The van der Waals surface area contributed by atoms with Crippen molar-refractivity contribution in [1.82, 2.24) is 5.32 Å². The Labute approximate surface area is 155 Å². The second-order valence-corrected chi connectivity index (χ2v) is 6.84. The zero-order valence-electron chi connectivity index (χ0n) is 15.0. The van der Waals surface area contributed by atoms with Gasteiger partial charge in [-0.1, -0.05) is 19.8 Å². The molecule has 0 unspecified atom stereocenters. The lowest BCUT2D eigenvalue weighted by molar-refractivity contribution is -0.180. The zero-order chi connectivity index (χ0) is 19.0. The van der Waals surface area contributed by atoms with E-state index in [0.29, 0.717) is 29.7 Å². The van der Waals surface area contributed by atoms with E-state index in [9.17, 15) is 14.0 Å². The van der Waals surface area contributed by atoms with Crippen molar-refractivity contribution in [2.45, 2.75) is 38.5 Å². The van der Waals surface area contributed by atoms with E-state index >= 15 is 0 Å². The second kappa shape index (κ2) is 6.84. The fourth-order valence-electron chi connectivity index (χ4n) is 3.68. The molecule has 1 N–H and O–H groups in total. The van der Waals surface area contributed by atoms with Crippen LogP contribution in [0.3, 0.4) is 0 Å². The first-order valence-electron chi connectivity index (χ1n) is 9.18. The summed E-state index contributed by atoms with van der Waals surface area (Å²) in [4.78, 5) is 24.9. The second-order valence-electron chi connectivity index (χ2n) is 6.84. The van der Waals surface area contributed by atoms with E-state index in [4.69, 9.17) is 13.9 Å². The molecule has 0 amide bonds. The third-order valence-electron chi connectivity index (χ3n) is 4.98. The van der Waals surface area contributed by atoms with Crippen LogP contribution in [0.1, 0.15) is 31.7 Å². The molecule has 1 spiro atoms. The van der Waals surface area contributed by atoms with E-state index in [1.807, 2.05) is 0 Å². The molecule has 4 rings (SSSR count). The highest BCUT2D eigenvalue weighted by atomic mass is 19.1. The maximum Gasteiger partial charge on any atom is 0.422 e. The number of carbonyl (C=O) groups excluding carboxylic acids is 2. The molecule has 2 fully saturated rings. The molecule has 2 saturated heterocycles. The smallest absolute Gasteiger partial charge is 0.422 e. The SMILES string of the molecule is CCCCCc1coc2c(N3CCNCC34OC(=O)C(=O)O4)cc(F)cc12. The zero-order valence-corrected chi connectivity index (χ0v) is 15.0. The number of rotatable bonds is 5. The minimum absolute atomic E-state index is 0.0898. The van der Waals surface area contributed by atoms with Crippen molar-refractivity contribution in [3.63, 3.8) is 0 Å². The fraction of sp³-hybridized carbons (Fsp3) is 0.474. The first-order valence-corrected chi connectivity index (χ1v) is 9.18. The van der Waals surface area contributed by atoms with Gasteiger partial charge in [0.15, 0.2) is 5.58 Å². The third kappa shape index (κ3) is 3.03. The number of hydrogen-bond acceptors (Lipinski definition) is 7. The Morgan fingerprint density at radius 3 is 2.74 bits per heavy atom. The summed E-state index contributed by atoms with van der Waals surface area (Å²) >= 11 is 0. The number of nitrogens with one attached hydrogen (secondary N) is 1. The number of anilines is 1. The van der Waals surface area contributed by atoms with Crippen LogP contribution in [0.25, 0.3) is 11.0 Å². The first kappa shape index (κ1) is 17.8. The van der Waals surface area contributed by atoms with Gasteiger partial charge >= 0.3 is 17.8 Å². The van der Waals surface area contributed by atoms with Gasteiger partial charge in [0.2, 0.25) is 0 Å². The van der Waals surface area contributed by atoms with Crippen LogP contribution in [0, 0.1) is 5.82 Å². The molecule has 144 valence electrons. The molecule has 0 radical (unpaired) electrons. The Hall–Kier alpha value is -2.61. The maximum absolute atomic E-state index is 14.4. The van der Waals surface area contributed by atoms with Crippen molar-refractivity contribution in [1.29, 1.82) is 0 Å². The van der Waals surface area contributed by atoms with E-state index < -0.39 is 23.7 Å². The molecule has 3 heterocycles. The van der Waals surface area contributed by atoms with Crippen molar-refractivity contribution in [3.05, 3.63) is 29.8 Å². The molecule has 0 bridgehead atoms.